The van der Waals surface area contributed by atoms with Crippen molar-refractivity contribution in [3.63, 3.8) is 0 Å². The Morgan fingerprint density at radius 2 is 2.00 bits per heavy atom. The first-order valence-corrected chi connectivity index (χ1v) is 16.2. The number of methoxy groups -OCH3 is 1. The summed E-state index contributed by atoms with van der Waals surface area (Å²) in [5.41, 5.74) is 1.43. The molecule has 1 aromatic rings. The minimum absolute atomic E-state index is 0.0137. The third kappa shape index (κ3) is 7.48. The second-order valence-electron chi connectivity index (χ2n) is 13.6. The molecule has 1 aromatic heterocycles. The summed E-state index contributed by atoms with van der Waals surface area (Å²) in [6.07, 6.45) is 10.3. The van der Waals surface area contributed by atoms with Gasteiger partial charge in [-0.25, -0.2) is 9.78 Å². The van der Waals surface area contributed by atoms with E-state index >= 15 is 0 Å². The maximum atomic E-state index is 13.3. The summed E-state index contributed by atoms with van der Waals surface area (Å²) >= 11 is 0. The minimum Gasteiger partial charge on any atom is -0.456 e. The Labute approximate surface area is 276 Å². The van der Waals surface area contributed by atoms with Crippen LogP contribution in [0.1, 0.15) is 53.2 Å². The normalized spacial score (nSPS) is 37.1. The van der Waals surface area contributed by atoms with Gasteiger partial charge in [-0.3, -0.25) is 4.79 Å². The van der Waals surface area contributed by atoms with Gasteiger partial charge in [0, 0.05) is 38.9 Å². The average molecular weight is 657 g/mol. The average Bonchev–Trinajstić information content (AvgIpc) is 3.61. The molecule has 2 bridgehead atoms. The molecule has 4 aliphatic rings. The predicted octanol–water partition coefficient (Wildman–Crippen LogP) is 3.24. The van der Waals surface area contributed by atoms with Crippen LogP contribution in [0.4, 0.5) is 0 Å². The fourth-order valence-corrected chi connectivity index (χ4v) is 7.17. The zero-order valence-electron chi connectivity index (χ0n) is 28.2. The van der Waals surface area contributed by atoms with E-state index in [9.17, 15) is 19.8 Å². The number of carbonyl (C=O) groups excluding carboxylic acids is 2. The van der Waals surface area contributed by atoms with Crippen LogP contribution in [0, 0.1) is 23.7 Å². The van der Waals surface area contributed by atoms with E-state index in [1.807, 2.05) is 26.1 Å². The molecule has 0 unspecified atom stereocenters. The molecule has 10 atom stereocenters. The molecule has 12 heteroatoms. The van der Waals surface area contributed by atoms with Gasteiger partial charge in [0.15, 0.2) is 12.4 Å². The van der Waals surface area contributed by atoms with Gasteiger partial charge in [0.2, 0.25) is 5.79 Å². The first-order chi connectivity index (χ1) is 22.2. The van der Waals surface area contributed by atoms with E-state index in [0.29, 0.717) is 23.6 Å². The molecule has 0 aromatic carbocycles. The zero-order chi connectivity index (χ0) is 34.1. The first-order valence-electron chi connectivity index (χ1n) is 16.2. The molecule has 0 radical (unpaired) electrons. The second-order valence-corrected chi connectivity index (χ2v) is 13.6. The number of aryl methyl sites for hydroxylation is 1. The van der Waals surface area contributed by atoms with Gasteiger partial charge in [-0.15, -0.1) is 0 Å². The number of nitrogens with zero attached hydrogens (tertiary/aromatic N) is 2. The maximum Gasteiger partial charge on any atom is 0.331 e. The lowest BCUT2D eigenvalue weighted by atomic mass is 9.65. The van der Waals surface area contributed by atoms with Crippen LogP contribution in [-0.4, -0.2) is 94.1 Å². The summed E-state index contributed by atoms with van der Waals surface area (Å²) in [4.78, 5) is 29.4. The van der Waals surface area contributed by atoms with E-state index in [0.717, 1.165) is 6.42 Å². The van der Waals surface area contributed by atoms with Crippen molar-refractivity contribution in [2.24, 2.45) is 30.7 Å². The predicted molar refractivity (Wildman–Crippen MR) is 170 cm³/mol. The molecule has 0 saturated carbocycles. The molecular formula is C35H48N2O10. The van der Waals surface area contributed by atoms with Crippen LogP contribution in [0.5, 0.6) is 0 Å². The topological polar surface area (TPSA) is 148 Å². The third-order valence-electron chi connectivity index (χ3n) is 9.88. The second kappa shape index (κ2) is 14.2. The number of fused-ring (bicyclic) bond motifs is 3. The summed E-state index contributed by atoms with van der Waals surface area (Å²) in [7, 11) is 3.40. The number of allylic oxidation sites excluding steroid dienone is 3. The number of esters is 2. The Bertz CT molecular complexity index is 1430. The Balaban J connectivity index is 1.49. The van der Waals surface area contributed by atoms with Crippen molar-refractivity contribution in [2.75, 3.05) is 20.3 Å². The molecule has 258 valence electrons. The SMILES string of the molecule is CO[C@]12C=C[C@](C)(O1)[C@@H](OC(=O)/C=C\c1cn(C)cn1)C[C@H]1C(C)=CC[C@H](C(C)C)[C@@H]1C=C2CO[C@@H]1OC[C@@H](O)[C@H](O)[C@H]1OC(C)=O. The zero-order valence-corrected chi connectivity index (χ0v) is 28.2. The van der Waals surface area contributed by atoms with Crippen molar-refractivity contribution in [1.82, 2.24) is 9.55 Å². The summed E-state index contributed by atoms with van der Waals surface area (Å²) in [5.74, 6) is -1.90. The number of ether oxygens (including phenoxy) is 6. The number of aliphatic hydroxyl groups is 2. The Hall–Kier alpha value is -3.13. The van der Waals surface area contributed by atoms with E-state index in [-0.39, 0.29) is 31.0 Å². The van der Waals surface area contributed by atoms with Gasteiger partial charge in [-0.05, 0) is 68.6 Å². The van der Waals surface area contributed by atoms with Crippen LogP contribution >= 0.6 is 0 Å². The highest BCUT2D eigenvalue weighted by Gasteiger charge is 2.54. The molecule has 2 N–H and O–H groups in total. The molecule has 4 heterocycles. The summed E-state index contributed by atoms with van der Waals surface area (Å²) < 4.78 is 38.1. The van der Waals surface area contributed by atoms with Gasteiger partial charge in [-0.2, -0.15) is 0 Å². The molecule has 1 aliphatic carbocycles. The van der Waals surface area contributed by atoms with Gasteiger partial charge in [0.25, 0.3) is 0 Å². The highest BCUT2D eigenvalue weighted by Crippen LogP contribution is 2.49. The molecule has 47 heavy (non-hydrogen) atoms. The Morgan fingerprint density at radius 3 is 2.66 bits per heavy atom. The van der Waals surface area contributed by atoms with E-state index in [2.05, 4.69) is 37.9 Å². The molecule has 3 aliphatic heterocycles. The van der Waals surface area contributed by atoms with Crippen LogP contribution in [0.3, 0.4) is 0 Å². The smallest absolute Gasteiger partial charge is 0.331 e. The van der Waals surface area contributed by atoms with Crippen molar-refractivity contribution >= 4 is 18.0 Å². The van der Waals surface area contributed by atoms with E-state index < -0.39 is 54.0 Å². The number of carbonyl (C=O) groups is 2. The highest BCUT2D eigenvalue weighted by atomic mass is 16.7. The van der Waals surface area contributed by atoms with Crippen LogP contribution in [-0.2, 0) is 45.1 Å². The molecule has 1 saturated heterocycles. The number of hydrogen-bond donors (Lipinski definition) is 2. The molecule has 12 nitrogen and oxygen atoms in total. The van der Waals surface area contributed by atoms with Crippen LogP contribution < -0.4 is 0 Å². The fraction of sp³-hybridized carbons (Fsp3) is 0.629. The van der Waals surface area contributed by atoms with Gasteiger partial charge >= 0.3 is 11.9 Å². The largest absolute Gasteiger partial charge is 0.456 e. The summed E-state index contributed by atoms with van der Waals surface area (Å²) in [5, 5.41) is 20.8. The fourth-order valence-electron chi connectivity index (χ4n) is 7.17. The Morgan fingerprint density at radius 1 is 1.23 bits per heavy atom. The number of aliphatic hydroxyl groups excluding tert-OH is 2. The van der Waals surface area contributed by atoms with Crippen molar-refractivity contribution < 1.29 is 48.2 Å². The standard InChI is InChI=1S/C35H48N2O10/c1-20(2)25-10-8-21(3)26-15-29(46-30(40)11-9-24-16-37(6)19-36-24)34(5)12-13-35(42-7,47-34)23(14-27(25)26)17-43-33-32(45-22(4)38)31(41)28(39)18-44-33/h8-9,11-14,16,19-20,25-29,31-33,39,41H,10,15,17-18H2,1-7H3/b11-9-,23-14?/t25-,26+,27+,28-,29+,31+,32-,33-,34+,35-/m1/s1. The van der Waals surface area contributed by atoms with Crippen molar-refractivity contribution in [2.45, 2.75) is 89.6 Å². The van der Waals surface area contributed by atoms with Crippen molar-refractivity contribution in [1.29, 1.82) is 0 Å². The van der Waals surface area contributed by atoms with Crippen LogP contribution in [0.15, 0.2) is 54.1 Å². The van der Waals surface area contributed by atoms with Gasteiger partial charge in [0.05, 0.1) is 25.2 Å². The quantitative estimate of drug-likeness (QED) is 0.229. The number of aromatic nitrogens is 2. The Kier molecular flexibility index (Phi) is 10.6. The number of hydrogen-bond acceptors (Lipinski definition) is 11. The van der Waals surface area contributed by atoms with Crippen molar-refractivity contribution in [3.8, 4) is 0 Å². The van der Waals surface area contributed by atoms with E-state index in [4.69, 9.17) is 28.4 Å². The molecule has 0 spiro atoms. The number of rotatable bonds is 9. The van der Waals surface area contributed by atoms with Gasteiger partial charge in [0.1, 0.15) is 23.9 Å². The van der Waals surface area contributed by atoms with E-state index in [1.54, 1.807) is 30.3 Å². The highest BCUT2D eigenvalue weighted by molar-refractivity contribution is 5.86. The minimum atomic E-state index is -1.39. The number of imidazole rings is 1. The van der Waals surface area contributed by atoms with Gasteiger partial charge in [-0.1, -0.05) is 31.6 Å². The molecule has 5 rings (SSSR count). The lowest BCUT2D eigenvalue weighted by Gasteiger charge is -2.41. The first kappa shape index (κ1) is 35.2. The summed E-state index contributed by atoms with van der Waals surface area (Å²) in [6.45, 7) is 9.36. The summed E-state index contributed by atoms with van der Waals surface area (Å²) in [6, 6.07) is 0. The lowest BCUT2D eigenvalue weighted by Crippen LogP contribution is -2.55. The third-order valence-corrected chi connectivity index (χ3v) is 9.88. The molecule has 1 fully saturated rings. The molecular weight excluding hydrogens is 608 g/mol. The lowest BCUT2D eigenvalue weighted by molar-refractivity contribution is -0.277. The molecule has 0 amide bonds. The van der Waals surface area contributed by atoms with E-state index in [1.165, 1.54) is 18.6 Å². The maximum absolute atomic E-state index is 13.3. The van der Waals surface area contributed by atoms with Gasteiger partial charge < -0.3 is 43.2 Å². The van der Waals surface area contributed by atoms with Crippen LogP contribution in [0.25, 0.3) is 6.08 Å². The van der Waals surface area contributed by atoms with Crippen LogP contribution in [0.2, 0.25) is 0 Å². The monoisotopic (exact) mass is 656 g/mol. The van der Waals surface area contributed by atoms with Crippen molar-refractivity contribution in [3.05, 3.63) is 59.7 Å².